The van der Waals surface area contributed by atoms with Crippen LogP contribution in [-0.4, -0.2) is 5.11 Å². The number of aromatic hydroxyl groups is 1. The first kappa shape index (κ1) is 8.49. The molecule has 11 heavy (non-hydrogen) atoms. The maximum atomic E-state index is 12.9. The third-order valence-electron chi connectivity index (χ3n) is 1.37. The molecule has 60 valence electrons. The van der Waals surface area contributed by atoms with Crippen molar-refractivity contribution in [2.75, 3.05) is 0 Å². The van der Waals surface area contributed by atoms with E-state index in [4.69, 9.17) is 10.8 Å². The maximum absolute atomic E-state index is 12.9. The van der Waals surface area contributed by atoms with E-state index in [1.165, 1.54) is 6.07 Å². The van der Waals surface area contributed by atoms with Crippen molar-refractivity contribution in [1.29, 1.82) is 0 Å². The number of rotatable bonds is 1. The number of hydrogen-bond acceptors (Lipinski definition) is 2. The minimum atomic E-state index is -0.651. The summed E-state index contributed by atoms with van der Waals surface area (Å²) in [6.45, 7) is 0.0900. The molecule has 3 N–H and O–H groups in total. The standard InChI is InChI=1S/C7H7BrFNO/c8-5-2-1-4(3-10)6(9)7(5)11/h1-2,11H,3,10H2. The van der Waals surface area contributed by atoms with E-state index in [9.17, 15) is 4.39 Å². The van der Waals surface area contributed by atoms with E-state index >= 15 is 0 Å². The van der Waals surface area contributed by atoms with Crippen LogP contribution in [0.25, 0.3) is 0 Å². The van der Waals surface area contributed by atoms with Crippen LogP contribution in [0.1, 0.15) is 5.56 Å². The highest BCUT2D eigenvalue weighted by Gasteiger charge is 2.08. The molecular weight excluding hydrogens is 213 g/mol. The first-order valence-corrected chi connectivity index (χ1v) is 3.82. The van der Waals surface area contributed by atoms with Gasteiger partial charge in [-0.1, -0.05) is 6.07 Å². The monoisotopic (exact) mass is 219 g/mol. The fraction of sp³-hybridized carbons (Fsp3) is 0.143. The van der Waals surface area contributed by atoms with Crippen molar-refractivity contribution < 1.29 is 9.50 Å². The van der Waals surface area contributed by atoms with Gasteiger partial charge < -0.3 is 10.8 Å². The summed E-state index contributed by atoms with van der Waals surface area (Å²) in [5, 5.41) is 9.04. The van der Waals surface area contributed by atoms with Crippen LogP contribution in [0.15, 0.2) is 16.6 Å². The lowest BCUT2D eigenvalue weighted by Crippen LogP contribution is -1.99. The summed E-state index contributed by atoms with van der Waals surface area (Å²) in [7, 11) is 0. The molecule has 1 rings (SSSR count). The van der Waals surface area contributed by atoms with Crippen LogP contribution in [0.2, 0.25) is 0 Å². The molecule has 0 heterocycles. The second kappa shape index (κ2) is 3.19. The average molecular weight is 220 g/mol. The van der Waals surface area contributed by atoms with E-state index in [1.807, 2.05) is 0 Å². The van der Waals surface area contributed by atoms with Gasteiger partial charge in [0.2, 0.25) is 0 Å². The largest absolute Gasteiger partial charge is 0.504 e. The minimum absolute atomic E-state index is 0.0900. The van der Waals surface area contributed by atoms with Gasteiger partial charge in [-0.3, -0.25) is 0 Å². The van der Waals surface area contributed by atoms with E-state index in [0.717, 1.165) is 0 Å². The number of phenols is 1. The van der Waals surface area contributed by atoms with Crippen molar-refractivity contribution in [2.45, 2.75) is 6.54 Å². The zero-order chi connectivity index (χ0) is 8.43. The van der Waals surface area contributed by atoms with Crippen molar-refractivity contribution in [3.8, 4) is 5.75 Å². The first-order chi connectivity index (χ1) is 5.16. The Balaban J connectivity index is 3.25. The molecule has 0 aliphatic heterocycles. The minimum Gasteiger partial charge on any atom is -0.504 e. The molecule has 0 spiro atoms. The molecule has 0 atom stereocenters. The van der Waals surface area contributed by atoms with Crippen molar-refractivity contribution >= 4 is 15.9 Å². The molecule has 4 heteroatoms. The Morgan fingerprint density at radius 3 is 2.73 bits per heavy atom. The van der Waals surface area contributed by atoms with Crippen LogP contribution in [0.4, 0.5) is 4.39 Å². The zero-order valence-corrected chi connectivity index (χ0v) is 7.23. The summed E-state index contributed by atoms with van der Waals surface area (Å²) in [6.07, 6.45) is 0. The topological polar surface area (TPSA) is 46.2 Å². The Bertz CT molecular complexity index is 277. The molecule has 0 saturated heterocycles. The Hall–Kier alpha value is -0.610. The molecule has 0 fully saturated rings. The van der Waals surface area contributed by atoms with Crippen molar-refractivity contribution in [2.24, 2.45) is 5.73 Å². The molecule has 0 unspecified atom stereocenters. The summed E-state index contributed by atoms with van der Waals surface area (Å²) in [4.78, 5) is 0. The van der Waals surface area contributed by atoms with E-state index in [2.05, 4.69) is 15.9 Å². The van der Waals surface area contributed by atoms with E-state index in [-0.39, 0.29) is 12.3 Å². The third kappa shape index (κ3) is 1.52. The Kier molecular flexibility index (Phi) is 2.46. The number of benzene rings is 1. The zero-order valence-electron chi connectivity index (χ0n) is 5.64. The molecule has 0 radical (unpaired) electrons. The number of nitrogens with two attached hydrogens (primary N) is 1. The van der Waals surface area contributed by atoms with Gasteiger partial charge in [-0.05, 0) is 22.0 Å². The predicted molar refractivity (Wildman–Crippen MR) is 43.7 cm³/mol. The van der Waals surface area contributed by atoms with Gasteiger partial charge in [0.15, 0.2) is 11.6 Å². The van der Waals surface area contributed by atoms with Gasteiger partial charge in [-0.25, -0.2) is 4.39 Å². The van der Waals surface area contributed by atoms with Crippen LogP contribution < -0.4 is 5.73 Å². The molecule has 0 amide bonds. The fourth-order valence-electron chi connectivity index (χ4n) is 0.740. The Morgan fingerprint density at radius 2 is 2.18 bits per heavy atom. The summed E-state index contributed by atoms with van der Waals surface area (Å²) in [5.41, 5.74) is 5.51. The Morgan fingerprint density at radius 1 is 1.55 bits per heavy atom. The lowest BCUT2D eigenvalue weighted by Gasteiger charge is -2.02. The van der Waals surface area contributed by atoms with Gasteiger partial charge in [-0.15, -0.1) is 0 Å². The number of halogens is 2. The van der Waals surface area contributed by atoms with E-state index in [0.29, 0.717) is 10.0 Å². The highest BCUT2D eigenvalue weighted by molar-refractivity contribution is 9.10. The van der Waals surface area contributed by atoms with Crippen LogP contribution in [0, 0.1) is 5.82 Å². The van der Waals surface area contributed by atoms with Gasteiger partial charge in [0.1, 0.15) is 0 Å². The molecule has 1 aromatic carbocycles. The Labute approximate surface area is 72.0 Å². The molecule has 2 nitrogen and oxygen atoms in total. The second-order valence-corrected chi connectivity index (χ2v) is 2.93. The lowest BCUT2D eigenvalue weighted by atomic mass is 10.2. The highest BCUT2D eigenvalue weighted by Crippen LogP contribution is 2.28. The van der Waals surface area contributed by atoms with Crippen LogP contribution in [0.5, 0.6) is 5.75 Å². The SMILES string of the molecule is NCc1ccc(Br)c(O)c1F. The number of hydrogen-bond donors (Lipinski definition) is 2. The molecule has 0 aromatic heterocycles. The van der Waals surface area contributed by atoms with Gasteiger partial charge in [0.25, 0.3) is 0 Å². The first-order valence-electron chi connectivity index (χ1n) is 3.02. The lowest BCUT2D eigenvalue weighted by molar-refractivity contribution is 0.425. The molecule has 0 aliphatic rings. The fourth-order valence-corrected chi connectivity index (χ4v) is 1.05. The summed E-state index contributed by atoms with van der Waals surface area (Å²) in [6, 6.07) is 3.08. The number of phenolic OH excluding ortho intramolecular Hbond substituents is 1. The van der Waals surface area contributed by atoms with Gasteiger partial charge in [-0.2, -0.15) is 0 Å². The summed E-state index contributed by atoms with van der Waals surface area (Å²) < 4.78 is 13.2. The quantitative estimate of drug-likeness (QED) is 0.757. The third-order valence-corrected chi connectivity index (χ3v) is 2.01. The smallest absolute Gasteiger partial charge is 0.170 e. The molecular formula is C7H7BrFNO. The van der Waals surface area contributed by atoms with Crippen molar-refractivity contribution in [3.05, 3.63) is 28.0 Å². The molecule has 0 bridgehead atoms. The van der Waals surface area contributed by atoms with Crippen molar-refractivity contribution in [1.82, 2.24) is 0 Å². The van der Waals surface area contributed by atoms with Crippen LogP contribution in [0.3, 0.4) is 0 Å². The van der Waals surface area contributed by atoms with Crippen LogP contribution in [-0.2, 0) is 6.54 Å². The van der Waals surface area contributed by atoms with Gasteiger partial charge in [0, 0.05) is 12.1 Å². The molecule has 0 aliphatic carbocycles. The van der Waals surface area contributed by atoms with E-state index < -0.39 is 5.82 Å². The highest BCUT2D eigenvalue weighted by atomic mass is 79.9. The summed E-state index contributed by atoms with van der Waals surface area (Å²) in [5.74, 6) is -1.03. The van der Waals surface area contributed by atoms with Crippen molar-refractivity contribution in [3.63, 3.8) is 0 Å². The van der Waals surface area contributed by atoms with Gasteiger partial charge in [0.05, 0.1) is 4.47 Å². The van der Waals surface area contributed by atoms with Gasteiger partial charge >= 0.3 is 0 Å². The molecule has 1 aromatic rings. The normalized spacial score (nSPS) is 10.1. The average Bonchev–Trinajstić information content (AvgIpc) is 2.01. The summed E-state index contributed by atoms with van der Waals surface area (Å²) >= 11 is 2.98. The van der Waals surface area contributed by atoms with E-state index in [1.54, 1.807) is 6.07 Å². The van der Waals surface area contributed by atoms with Crippen LogP contribution >= 0.6 is 15.9 Å². The molecule has 0 saturated carbocycles. The maximum Gasteiger partial charge on any atom is 0.170 e. The predicted octanol–water partition coefficient (Wildman–Crippen LogP) is 1.75. The second-order valence-electron chi connectivity index (χ2n) is 2.07.